The van der Waals surface area contributed by atoms with E-state index in [1.807, 2.05) is 0 Å². The Kier molecular flexibility index (Phi) is 4.99. The number of hydrogen-bond donors (Lipinski definition) is 0. The van der Waals surface area contributed by atoms with E-state index in [2.05, 4.69) is 30.0 Å². The molecule has 0 bridgehead atoms. The van der Waals surface area contributed by atoms with Gasteiger partial charge in [-0.05, 0) is 48.4 Å². The van der Waals surface area contributed by atoms with Gasteiger partial charge in [-0.2, -0.15) is 0 Å². The Labute approximate surface area is 121 Å². The van der Waals surface area contributed by atoms with Crippen LogP contribution in [0.4, 0.5) is 11.4 Å². The Bertz CT molecular complexity index is 464. The fourth-order valence-electron chi connectivity index (χ4n) is 2.68. The highest BCUT2D eigenvalue weighted by molar-refractivity contribution is 5.68. The molecule has 2 rings (SSSR count). The molecule has 0 aliphatic heterocycles. The number of ether oxygens (including phenoxy) is 1. The molecule has 1 saturated carbocycles. The second-order valence-electron chi connectivity index (χ2n) is 5.44. The molecular weight excluding hydrogens is 252 g/mol. The normalized spacial score (nSPS) is 14.2. The van der Waals surface area contributed by atoms with Crippen LogP contribution in [-0.4, -0.2) is 20.2 Å². The third-order valence-corrected chi connectivity index (χ3v) is 3.77. The second kappa shape index (κ2) is 6.73. The Morgan fingerprint density at radius 1 is 1.25 bits per heavy atom. The lowest BCUT2D eigenvalue weighted by atomic mass is 10.1. The van der Waals surface area contributed by atoms with Gasteiger partial charge in [0.15, 0.2) is 0 Å². The SMILES string of the molecule is CCCN(CCC)c1cc(C2CC2)c(N=O)cc1OC. The minimum atomic E-state index is 0.512. The number of methoxy groups -OCH3 is 1. The zero-order valence-corrected chi connectivity index (χ0v) is 12.7. The summed E-state index contributed by atoms with van der Waals surface area (Å²) in [6, 6.07) is 3.92. The zero-order valence-electron chi connectivity index (χ0n) is 12.7. The van der Waals surface area contributed by atoms with Crippen LogP contribution in [0.2, 0.25) is 0 Å². The maximum Gasteiger partial charge on any atom is 0.144 e. The third kappa shape index (κ3) is 3.11. The Morgan fingerprint density at radius 2 is 1.90 bits per heavy atom. The van der Waals surface area contributed by atoms with E-state index in [1.165, 1.54) is 0 Å². The van der Waals surface area contributed by atoms with Gasteiger partial charge < -0.3 is 9.64 Å². The molecule has 0 spiro atoms. The first-order valence-corrected chi connectivity index (χ1v) is 7.55. The van der Waals surface area contributed by atoms with Crippen LogP contribution in [0.15, 0.2) is 17.3 Å². The minimum absolute atomic E-state index is 0.512. The molecule has 0 radical (unpaired) electrons. The lowest BCUT2D eigenvalue weighted by Gasteiger charge is -2.26. The summed E-state index contributed by atoms with van der Waals surface area (Å²) in [5.74, 6) is 1.27. The van der Waals surface area contributed by atoms with Crippen molar-refractivity contribution in [2.24, 2.45) is 5.18 Å². The van der Waals surface area contributed by atoms with Gasteiger partial charge in [0, 0.05) is 19.2 Å². The molecular formula is C16H24N2O2. The van der Waals surface area contributed by atoms with Crippen LogP contribution in [0.1, 0.15) is 51.0 Å². The van der Waals surface area contributed by atoms with Crippen LogP contribution in [0.25, 0.3) is 0 Å². The van der Waals surface area contributed by atoms with Crippen molar-refractivity contribution >= 4 is 11.4 Å². The van der Waals surface area contributed by atoms with Gasteiger partial charge in [0.25, 0.3) is 0 Å². The van der Waals surface area contributed by atoms with E-state index in [4.69, 9.17) is 4.74 Å². The molecule has 0 amide bonds. The Hall–Kier alpha value is -1.58. The third-order valence-electron chi connectivity index (χ3n) is 3.77. The molecule has 1 aromatic rings. The molecule has 20 heavy (non-hydrogen) atoms. The van der Waals surface area contributed by atoms with Crippen LogP contribution >= 0.6 is 0 Å². The molecule has 0 atom stereocenters. The van der Waals surface area contributed by atoms with Gasteiger partial charge in [-0.3, -0.25) is 0 Å². The number of hydrogen-bond acceptors (Lipinski definition) is 4. The van der Waals surface area contributed by atoms with Crippen molar-refractivity contribution < 1.29 is 4.74 Å². The molecule has 1 aliphatic rings. The highest BCUT2D eigenvalue weighted by atomic mass is 16.5. The number of benzene rings is 1. The van der Waals surface area contributed by atoms with Gasteiger partial charge >= 0.3 is 0 Å². The van der Waals surface area contributed by atoms with Crippen molar-refractivity contribution in [2.45, 2.75) is 45.4 Å². The van der Waals surface area contributed by atoms with E-state index >= 15 is 0 Å². The lowest BCUT2D eigenvalue weighted by Crippen LogP contribution is -2.25. The summed E-state index contributed by atoms with van der Waals surface area (Å²) in [7, 11) is 1.65. The number of nitroso groups, excluding NO2 is 1. The van der Waals surface area contributed by atoms with Crippen molar-refractivity contribution in [1.29, 1.82) is 0 Å². The van der Waals surface area contributed by atoms with Gasteiger partial charge in [0.05, 0.1) is 12.8 Å². The average Bonchev–Trinajstić information content (AvgIpc) is 3.30. The Morgan fingerprint density at radius 3 is 2.35 bits per heavy atom. The standard InChI is InChI=1S/C16H24N2O2/c1-4-8-18(9-5-2)15-10-13(12-6-7-12)14(17-19)11-16(15)20-3/h10-12H,4-9H2,1-3H3. The fourth-order valence-corrected chi connectivity index (χ4v) is 2.68. The summed E-state index contributed by atoms with van der Waals surface area (Å²) in [6.07, 6.45) is 4.51. The molecule has 0 aromatic heterocycles. The topological polar surface area (TPSA) is 41.9 Å². The maximum atomic E-state index is 11.0. The first-order chi connectivity index (χ1) is 9.74. The van der Waals surface area contributed by atoms with Crippen molar-refractivity contribution in [3.05, 3.63) is 22.6 Å². The first kappa shape index (κ1) is 14.8. The van der Waals surface area contributed by atoms with E-state index < -0.39 is 0 Å². The first-order valence-electron chi connectivity index (χ1n) is 7.55. The lowest BCUT2D eigenvalue weighted by molar-refractivity contribution is 0.414. The summed E-state index contributed by atoms with van der Waals surface area (Å²) < 4.78 is 5.48. The largest absolute Gasteiger partial charge is 0.495 e. The van der Waals surface area contributed by atoms with E-state index in [9.17, 15) is 4.91 Å². The van der Waals surface area contributed by atoms with Gasteiger partial charge in [0.2, 0.25) is 0 Å². The zero-order chi connectivity index (χ0) is 14.5. The molecule has 1 aliphatic carbocycles. The van der Waals surface area contributed by atoms with Crippen molar-refractivity contribution in [3.8, 4) is 5.75 Å². The smallest absolute Gasteiger partial charge is 0.144 e. The molecule has 0 N–H and O–H groups in total. The van der Waals surface area contributed by atoms with Crippen LogP contribution < -0.4 is 9.64 Å². The quantitative estimate of drug-likeness (QED) is 0.652. The molecule has 0 heterocycles. The predicted octanol–water partition coefficient (Wildman–Crippen LogP) is 4.60. The second-order valence-corrected chi connectivity index (χ2v) is 5.44. The molecule has 0 saturated heterocycles. The summed E-state index contributed by atoms with van der Waals surface area (Å²) in [4.78, 5) is 13.4. The number of anilines is 1. The van der Waals surface area contributed by atoms with E-state index in [-0.39, 0.29) is 0 Å². The van der Waals surface area contributed by atoms with Gasteiger partial charge in [-0.15, -0.1) is 4.91 Å². The van der Waals surface area contributed by atoms with Crippen LogP contribution in [0.3, 0.4) is 0 Å². The molecule has 110 valence electrons. The monoisotopic (exact) mass is 276 g/mol. The maximum absolute atomic E-state index is 11.0. The predicted molar refractivity (Wildman–Crippen MR) is 83.2 cm³/mol. The Balaban J connectivity index is 2.42. The van der Waals surface area contributed by atoms with Gasteiger partial charge in [0.1, 0.15) is 11.4 Å². The number of nitrogens with zero attached hydrogens (tertiary/aromatic N) is 2. The van der Waals surface area contributed by atoms with E-state index in [0.29, 0.717) is 11.6 Å². The fraction of sp³-hybridized carbons (Fsp3) is 0.625. The summed E-state index contributed by atoms with van der Waals surface area (Å²) in [5, 5.41) is 3.18. The van der Waals surface area contributed by atoms with Crippen molar-refractivity contribution in [3.63, 3.8) is 0 Å². The highest BCUT2D eigenvalue weighted by Gasteiger charge is 2.28. The highest BCUT2D eigenvalue weighted by Crippen LogP contribution is 2.48. The average molecular weight is 276 g/mol. The molecule has 4 heteroatoms. The van der Waals surface area contributed by atoms with E-state index in [1.54, 1.807) is 13.2 Å². The minimum Gasteiger partial charge on any atom is -0.495 e. The molecule has 1 aromatic carbocycles. The summed E-state index contributed by atoms with van der Waals surface area (Å²) in [5.41, 5.74) is 2.74. The van der Waals surface area contributed by atoms with Crippen molar-refractivity contribution in [2.75, 3.05) is 25.1 Å². The van der Waals surface area contributed by atoms with Gasteiger partial charge in [-0.25, -0.2) is 0 Å². The number of rotatable bonds is 8. The summed E-state index contributed by atoms with van der Waals surface area (Å²) >= 11 is 0. The molecule has 4 nitrogen and oxygen atoms in total. The molecule has 1 fully saturated rings. The van der Waals surface area contributed by atoms with Crippen LogP contribution in [0, 0.1) is 4.91 Å². The van der Waals surface area contributed by atoms with Crippen LogP contribution in [-0.2, 0) is 0 Å². The van der Waals surface area contributed by atoms with Crippen LogP contribution in [0.5, 0.6) is 5.75 Å². The van der Waals surface area contributed by atoms with Gasteiger partial charge in [-0.1, -0.05) is 13.8 Å². The van der Waals surface area contributed by atoms with Crippen molar-refractivity contribution in [1.82, 2.24) is 0 Å². The van der Waals surface area contributed by atoms with E-state index in [0.717, 1.165) is 55.8 Å². The summed E-state index contributed by atoms with van der Waals surface area (Å²) in [6.45, 7) is 6.36. The molecule has 0 unspecified atom stereocenters.